The summed E-state index contributed by atoms with van der Waals surface area (Å²) in [5.41, 5.74) is 1.82. The largest absolute Gasteiger partial charge is 0.294 e. The van der Waals surface area contributed by atoms with Crippen LogP contribution in [0, 0.1) is 12.7 Å². The van der Waals surface area contributed by atoms with E-state index in [1.165, 1.54) is 24.3 Å². The Hall–Kier alpha value is -1.00. The average molecular weight is 313 g/mol. The maximum atomic E-state index is 13.5. The highest BCUT2D eigenvalue weighted by Gasteiger charge is 2.11. The molecule has 0 saturated heterocycles. The molecular formula is C13H10BrFOS. The lowest BCUT2D eigenvalue weighted by atomic mass is 10.1. The Morgan fingerprint density at radius 1 is 1.35 bits per heavy atom. The fourth-order valence-electron chi connectivity index (χ4n) is 1.58. The molecule has 1 heterocycles. The SMILES string of the molecule is CC(=O)c1ccc(-c2cc(F)c(Br)cc2C)s1. The predicted molar refractivity (Wildman–Crippen MR) is 72.2 cm³/mol. The van der Waals surface area contributed by atoms with Gasteiger partial charge in [0.25, 0.3) is 0 Å². The standard InChI is InChI=1S/C13H10BrFOS/c1-7-5-10(14)11(15)6-9(7)13-4-3-12(17-13)8(2)16/h3-6H,1-2H3. The Kier molecular flexibility index (Phi) is 3.45. The van der Waals surface area contributed by atoms with Crippen LogP contribution in [0.4, 0.5) is 4.39 Å². The number of carbonyl (C=O) groups is 1. The monoisotopic (exact) mass is 312 g/mol. The van der Waals surface area contributed by atoms with E-state index >= 15 is 0 Å². The summed E-state index contributed by atoms with van der Waals surface area (Å²) in [5, 5.41) is 0. The van der Waals surface area contributed by atoms with Crippen molar-refractivity contribution in [3.8, 4) is 10.4 Å². The van der Waals surface area contributed by atoms with Crippen molar-refractivity contribution in [1.82, 2.24) is 0 Å². The van der Waals surface area contributed by atoms with Gasteiger partial charge in [0.1, 0.15) is 5.82 Å². The van der Waals surface area contributed by atoms with E-state index in [0.29, 0.717) is 9.35 Å². The highest BCUT2D eigenvalue weighted by Crippen LogP contribution is 2.33. The Balaban J connectivity index is 2.52. The van der Waals surface area contributed by atoms with Crippen molar-refractivity contribution in [1.29, 1.82) is 0 Å². The van der Waals surface area contributed by atoms with Crippen LogP contribution in [0.1, 0.15) is 22.2 Å². The van der Waals surface area contributed by atoms with Gasteiger partial charge in [-0.05, 0) is 65.2 Å². The Morgan fingerprint density at radius 3 is 2.65 bits per heavy atom. The van der Waals surface area contributed by atoms with Gasteiger partial charge in [-0.1, -0.05) is 0 Å². The zero-order chi connectivity index (χ0) is 12.6. The van der Waals surface area contributed by atoms with Crippen molar-refractivity contribution in [3.63, 3.8) is 0 Å². The molecule has 88 valence electrons. The highest BCUT2D eigenvalue weighted by atomic mass is 79.9. The van der Waals surface area contributed by atoms with Crippen LogP contribution in [0.15, 0.2) is 28.7 Å². The maximum absolute atomic E-state index is 13.5. The molecule has 0 N–H and O–H groups in total. The molecule has 1 aromatic carbocycles. The summed E-state index contributed by atoms with van der Waals surface area (Å²) in [4.78, 5) is 12.8. The van der Waals surface area contributed by atoms with E-state index in [2.05, 4.69) is 15.9 Å². The molecule has 0 aliphatic rings. The van der Waals surface area contributed by atoms with Crippen LogP contribution in [0.2, 0.25) is 0 Å². The number of hydrogen-bond acceptors (Lipinski definition) is 2. The van der Waals surface area contributed by atoms with Gasteiger partial charge in [0, 0.05) is 4.88 Å². The number of hydrogen-bond donors (Lipinski definition) is 0. The number of rotatable bonds is 2. The molecular weight excluding hydrogens is 303 g/mol. The number of halogens is 2. The second kappa shape index (κ2) is 4.70. The molecule has 0 fully saturated rings. The highest BCUT2D eigenvalue weighted by molar-refractivity contribution is 9.10. The van der Waals surface area contributed by atoms with Crippen LogP contribution < -0.4 is 0 Å². The molecule has 0 aliphatic carbocycles. The van der Waals surface area contributed by atoms with Gasteiger partial charge in [-0.3, -0.25) is 4.79 Å². The molecule has 0 atom stereocenters. The molecule has 0 spiro atoms. The van der Waals surface area contributed by atoms with E-state index in [1.54, 1.807) is 12.1 Å². The number of Topliss-reactive ketones (excluding diaryl/α,β-unsaturated/α-hetero) is 1. The second-order valence-electron chi connectivity index (χ2n) is 3.80. The van der Waals surface area contributed by atoms with Gasteiger partial charge >= 0.3 is 0 Å². The van der Waals surface area contributed by atoms with Crippen LogP contribution in [-0.2, 0) is 0 Å². The third kappa shape index (κ3) is 2.48. The molecule has 0 radical (unpaired) electrons. The summed E-state index contributed by atoms with van der Waals surface area (Å²) >= 11 is 4.55. The minimum atomic E-state index is -0.289. The first-order valence-corrected chi connectivity index (χ1v) is 6.67. The lowest BCUT2D eigenvalue weighted by molar-refractivity contribution is 0.102. The number of aryl methyl sites for hydroxylation is 1. The predicted octanol–water partition coefficient (Wildman–Crippen LogP) is 4.83. The maximum Gasteiger partial charge on any atom is 0.169 e. The van der Waals surface area contributed by atoms with Crippen LogP contribution >= 0.6 is 27.3 Å². The summed E-state index contributed by atoms with van der Waals surface area (Å²) in [6.07, 6.45) is 0. The van der Waals surface area contributed by atoms with Gasteiger partial charge < -0.3 is 0 Å². The Bertz CT molecular complexity index is 589. The summed E-state index contributed by atoms with van der Waals surface area (Å²) in [6, 6.07) is 6.88. The molecule has 0 saturated carbocycles. The normalized spacial score (nSPS) is 10.6. The summed E-state index contributed by atoms with van der Waals surface area (Å²) in [5.74, 6) is -0.250. The molecule has 2 aromatic rings. The lowest BCUT2D eigenvalue weighted by Gasteiger charge is -2.04. The van der Waals surface area contributed by atoms with E-state index in [-0.39, 0.29) is 11.6 Å². The topological polar surface area (TPSA) is 17.1 Å². The lowest BCUT2D eigenvalue weighted by Crippen LogP contribution is -1.85. The molecule has 4 heteroatoms. The van der Waals surface area contributed by atoms with E-state index in [4.69, 9.17) is 0 Å². The molecule has 0 aliphatic heterocycles. The molecule has 17 heavy (non-hydrogen) atoms. The molecule has 1 nitrogen and oxygen atoms in total. The molecule has 0 amide bonds. The van der Waals surface area contributed by atoms with Crippen molar-refractivity contribution < 1.29 is 9.18 Å². The van der Waals surface area contributed by atoms with Gasteiger partial charge in [-0.2, -0.15) is 0 Å². The van der Waals surface area contributed by atoms with E-state index in [0.717, 1.165) is 16.0 Å². The zero-order valence-electron chi connectivity index (χ0n) is 9.38. The fourth-order valence-corrected chi connectivity index (χ4v) is 3.02. The number of ketones is 1. The fraction of sp³-hybridized carbons (Fsp3) is 0.154. The quantitative estimate of drug-likeness (QED) is 0.726. The third-order valence-corrected chi connectivity index (χ3v) is 4.31. The summed E-state index contributed by atoms with van der Waals surface area (Å²) < 4.78 is 14.0. The van der Waals surface area contributed by atoms with Crippen molar-refractivity contribution in [2.45, 2.75) is 13.8 Å². The number of thiophene rings is 1. The average Bonchev–Trinajstić information content (AvgIpc) is 2.72. The van der Waals surface area contributed by atoms with E-state index in [1.807, 2.05) is 13.0 Å². The number of carbonyl (C=O) groups excluding carboxylic acids is 1. The van der Waals surface area contributed by atoms with Crippen LogP contribution in [0.5, 0.6) is 0 Å². The third-order valence-electron chi connectivity index (χ3n) is 2.49. The van der Waals surface area contributed by atoms with Crippen molar-refractivity contribution in [2.24, 2.45) is 0 Å². The van der Waals surface area contributed by atoms with E-state index in [9.17, 15) is 9.18 Å². The summed E-state index contributed by atoms with van der Waals surface area (Å²) in [7, 11) is 0. The second-order valence-corrected chi connectivity index (χ2v) is 5.74. The van der Waals surface area contributed by atoms with Crippen LogP contribution in [0.3, 0.4) is 0 Å². The van der Waals surface area contributed by atoms with Gasteiger partial charge in [-0.15, -0.1) is 11.3 Å². The Labute approximate surface area is 111 Å². The minimum absolute atomic E-state index is 0.0384. The first-order chi connectivity index (χ1) is 7.99. The zero-order valence-corrected chi connectivity index (χ0v) is 11.8. The molecule has 0 unspecified atom stereocenters. The number of benzene rings is 1. The Morgan fingerprint density at radius 2 is 2.06 bits per heavy atom. The van der Waals surface area contributed by atoms with Gasteiger partial charge in [-0.25, -0.2) is 4.39 Å². The molecule has 2 rings (SSSR count). The first kappa shape index (κ1) is 12.5. The molecule has 0 bridgehead atoms. The smallest absolute Gasteiger partial charge is 0.169 e. The van der Waals surface area contributed by atoms with E-state index < -0.39 is 0 Å². The minimum Gasteiger partial charge on any atom is -0.294 e. The van der Waals surface area contributed by atoms with Gasteiger partial charge in [0.15, 0.2) is 5.78 Å². The van der Waals surface area contributed by atoms with Gasteiger partial charge in [0.2, 0.25) is 0 Å². The summed E-state index contributed by atoms with van der Waals surface area (Å²) in [6.45, 7) is 3.46. The van der Waals surface area contributed by atoms with Crippen molar-refractivity contribution in [3.05, 3.63) is 45.0 Å². The first-order valence-electron chi connectivity index (χ1n) is 5.06. The molecule has 1 aromatic heterocycles. The van der Waals surface area contributed by atoms with Crippen molar-refractivity contribution >= 4 is 33.0 Å². The van der Waals surface area contributed by atoms with Crippen LogP contribution in [-0.4, -0.2) is 5.78 Å². The van der Waals surface area contributed by atoms with Crippen molar-refractivity contribution in [2.75, 3.05) is 0 Å². The van der Waals surface area contributed by atoms with Gasteiger partial charge in [0.05, 0.1) is 9.35 Å². The van der Waals surface area contributed by atoms with Crippen LogP contribution in [0.25, 0.3) is 10.4 Å².